The topological polar surface area (TPSA) is 45.5 Å². The monoisotopic (exact) mass is 329 g/mol. The van der Waals surface area contributed by atoms with Gasteiger partial charge in [0.15, 0.2) is 5.65 Å². The summed E-state index contributed by atoms with van der Waals surface area (Å²) in [7, 11) is 19.3. The molecule has 3 heterocycles. The predicted octanol–water partition coefficient (Wildman–Crippen LogP) is -0.504. The van der Waals surface area contributed by atoms with Crippen LogP contribution in [0.1, 0.15) is 12.8 Å². The van der Waals surface area contributed by atoms with E-state index in [1.807, 2.05) is 4.90 Å². The maximum absolute atomic E-state index is 6.76. The third-order valence-corrected chi connectivity index (χ3v) is 6.03. The number of piperidine rings is 1. The highest BCUT2D eigenvalue weighted by Crippen LogP contribution is 2.61. The van der Waals surface area contributed by atoms with Gasteiger partial charge < -0.3 is 10.2 Å². The van der Waals surface area contributed by atoms with Crippen molar-refractivity contribution in [3.63, 3.8) is 0 Å². The third-order valence-electron chi connectivity index (χ3n) is 5.31. The van der Waals surface area contributed by atoms with Gasteiger partial charge in [-0.15, -0.1) is 5.10 Å². The lowest BCUT2D eigenvalue weighted by atomic mass is 9.46. The van der Waals surface area contributed by atoms with Gasteiger partial charge >= 0.3 is 0 Å². The van der Waals surface area contributed by atoms with Crippen LogP contribution in [0, 0.1) is 12.5 Å². The molecule has 1 saturated heterocycles. The van der Waals surface area contributed by atoms with Gasteiger partial charge in [0.05, 0.1) is 7.85 Å². The lowest BCUT2D eigenvalue weighted by Crippen LogP contribution is -2.68. The molecule has 1 N–H and O–H groups in total. The minimum atomic E-state index is -0.990. The molecule has 5 nitrogen and oxygen atoms in total. The minimum absolute atomic E-state index is 0.375. The Labute approximate surface area is 150 Å². The summed E-state index contributed by atoms with van der Waals surface area (Å²) in [5.41, 5.74) is 0.115. The second kappa shape index (κ2) is 4.92. The molecule has 0 spiro atoms. The van der Waals surface area contributed by atoms with Crippen LogP contribution >= 0.6 is 12.6 Å². The quantitative estimate of drug-likeness (QED) is 0.443. The zero-order valence-corrected chi connectivity index (χ0v) is 14.0. The SMILES string of the molecule is [B]c1cccn2nc(N[C@@]3([B])C4(S)CC[C@]3([B])CN(C#C)C4)nc12. The average Bonchev–Trinajstić information content (AvgIpc) is 2.96. The molecule has 4 rings (SSSR count). The maximum Gasteiger partial charge on any atom is 0.242 e. The van der Waals surface area contributed by atoms with Crippen LogP contribution in [-0.4, -0.2) is 66.3 Å². The van der Waals surface area contributed by atoms with E-state index >= 15 is 0 Å². The van der Waals surface area contributed by atoms with Crippen LogP contribution in [0.5, 0.6) is 0 Å². The molecule has 9 heteroatoms. The largest absolute Gasteiger partial charge is 0.355 e. The van der Waals surface area contributed by atoms with Crippen molar-refractivity contribution < 1.29 is 0 Å². The summed E-state index contributed by atoms with van der Waals surface area (Å²) in [6, 6.07) is 6.23. The number of hydrogen-bond donors (Lipinski definition) is 2. The molecule has 3 atom stereocenters. The third kappa shape index (κ3) is 1.95. The molecule has 1 unspecified atom stereocenters. The Bertz CT molecular complexity index is 844. The molecule has 24 heavy (non-hydrogen) atoms. The molecule has 2 aromatic rings. The van der Waals surface area contributed by atoms with E-state index in [1.165, 1.54) is 0 Å². The first-order valence-corrected chi connectivity index (χ1v) is 8.15. The minimum Gasteiger partial charge on any atom is -0.355 e. The molecule has 6 radical (unpaired) electrons. The van der Waals surface area contributed by atoms with E-state index in [1.54, 1.807) is 22.8 Å². The van der Waals surface area contributed by atoms with E-state index in [4.69, 9.17) is 42.6 Å². The van der Waals surface area contributed by atoms with Crippen molar-refractivity contribution in [3.8, 4) is 12.5 Å². The number of likely N-dealkylation sites (tertiary alicyclic amines) is 1. The molecular formula is C15H14B3N5S. The Hall–Kier alpha value is -1.68. The van der Waals surface area contributed by atoms with Crippen molar-refractivity contribution in [2.75, 3.05) is 18.4 Å². The highest BCUT2D eigenvalue weighted by molar-refractivity contribution is 7.82. The molecule has 2 fully saturated rings. The van der Waals surface area contributed by atoms with Gasteiger partial charge in [-0.3, -0.25) is 0 Å². The Balaban J connectivity index is 1.75. The van der Waals surface area contributed by atoms with E-state index in [2.05, 4.69) is 21.4 Å². The van der Waals surface area contributed by atoms with Crippen molar-refractivity contribution in [1.82, 2.24) is 19.5 Å². The highest BCUT2D eigenvalue weighted by Gasteiger charge is 2.64. The average molecular weight is 329 g/mol. The Morgan fingerprint density at radius 1 is 1.33 bits per heavy atom. The number of anilines is 1. The second-order valence-electron chi connectivity index (χ2n) is 6.77. The first-order chi connectivity index (χ1) is 11.3. The van der Waals surface area contributed by atoms with Crippen LogP contribution in [-0.2, 0) is 0 Å². The van der Waals surface area contributed by atoms with Gasteiger partial charge in [-0.1, -0.05) is 24.4 Å². The summed E-state index contributed by atoms with van der Waals surface area (Å²) in [5.74, 6) is 0.375. The highest BCUT2D eigenvalue weighted by atomic mass is 32.1. The summed E-state index contributed by atoms with van der Waals surface area (Å²) >= 11 is 4.86. The number of nitrogens with zero attached hydrogens (tertiary/aromatic N) is 4. The fourth-order valence-electron chi connectivity index (χ4n) is 3.90. The van der Waals surface area contributed by atoms with Crippen LogP contribution in [0.2, 0.25) is 5.31 Å². The van der Waals surface area contributed by atoms with E-state index in [0.717, 1.165) is 6.42 Å². The van der Waals surface area contributed by atoms with Crippen molar-refractivity contribution in [2.45, 2.75) is 28.3 Å². The Morgan fingerprint density at radius 2 is 2.12 bits per heavy atom. The number of aromatic nitrogens is 3. The van der Waals surface area contributed by atoms with E-state index < -0.39 is 15.5 Å². The molecule has 1 aliphatic heterocycles. The molecule has 1 aliphatic carbocycles. The van der Waals surface area contributed by atoms with Crippen molar-refractivity contribution in [1.29, 1.82) is 0 Å². The maximum atomic E-state index is 6.76. The number of pyridine rings is 1. The number of thiol groups is 1. The molecular weight excluding hydrogens is 315 g/mol. The fourth-order valence-corrected chi connectivity index (χ4v) is 4.46. The number of rotatable bonds is 2. The number of nitrogens with one attached hydrogen (secondary N) is 1. The van der Waals surface area contributed by atoms with Crippen LogP contribution in [0.15, 0.2) is 18.3 Å². The molecule has 2 bridgehead atoms. The van der Waals surface area contributed by atoms with Crippen LogP contribution < -0.4 is 10.8 Å². The zero-order chi connectivity index (χ0) is 17.2. The molecule has 114 valence electrons. The van der Waals surface area contributed by atoms with Crippen LogP contribution in [0.3, 0.4) is 0 Å². The fraction of sp³-hybridized carbons (Fsp3) is 0.467. The molecule has 1 saturated carbocycles. The summed E-state index contributed by atoms with van der Waals surface area (Å²) < 4.78 is 1.02. The predicted molar refractivity (Wildman–Crippen MR) is 100 cm³/mol. The van der Waals surface area contributed by atoms with Crippen molar-refractivity contribution in [3.05, 3.63) is 18.3 Å². The smallest absolute Gasteiger partial charge is 0.242 e. The number of hydrogen-bond acceptors (Lipinski definition) is 5. The zero-order valence-electron chi connectivity index (χ0n) is 13.1. The van der Waals surface area contributed by atoms with Crippen LogP contribution in [0.4, 0.5) is 5.95 Å². The van der Waals surface area contributed by atoms with Gasteiger partial charge in [-0.25, -0.2) is 4.52 Å². The molecule has 2 aliphatic rings. The second-order valence-corrected chi connectivity index (χ2v) is 7.63. The summed E-state index contributed by atoms with van der Waals surface area (Å²) in [6.07, 6.45) is 8.81. The van der Waals surface area contributed by atoms with Gasteiger partial charge in [0.1, 0.15) is 15.7 Å². The molecule has 0 aromatic carbocycles. The van der Waals surface area contributed by atoms with Gasteiger partial charge in [0, 0.05) is 35.5 Å². The standard InChI is InChI=1S/C15H14B3N5S/c1-2-22-8-13(17)5-6-14(24,9-22)15(13,18)20-12-19-11-10(16)4-3-7-23(11)21-12/h1,3-4,7,24H,5-6,8-9H2,(H,20,21)/t13-,14?,15+/m0/s1. The summed E-state index contributed by atoms with van der Waals surface area (Å²) in [4.78, 5) is 6.28. The number of fused-ring (bicyclic) bond motifs is 3. The van der Waals surface area contributed by atoms with Gasteiger partial charge in [0.2, 0.25) is 5.95 Å². The van der Waals surface area contributed by atoms with Gasteiger partial charge in [0.25, 0.3) is 0 Å². The normalized spacial score (nSPS) is 35.1. The Kier molecular flexibility index (Phi) is 3.24. The van der Waals surface area contributed by atoms with E-state index in [0.29, 0.717) is 36.6 Å². The van der Waals surface area contributed by atoms with Crippen molar-refractivity contribution >= 4 is 53.2 Å². The van der Waals surface area contributed by atoms with Crippen LogP contribution in [0.25, 0.3) is 5.65 Å². The van der Waals surface area contributed by atoms with Crippen molar-refractivity contribution in [2.24, 2.45) is 0 Å². The lowest BCUT2D eigenvalue weighted by Gasteiger charge is -2.56. The van der Waals surface area contributed by atoms with E-state index in [9.17, 15) is 0 Å². The summed E-state index contributed by atoms with van der Waals surface area (Å²) in [5, 5.41) is 6.91. The first kappa shape index (κ1) is 15.8. The lowest BCUT2D eigenvalue weighted by molar-refractivity contribution is 0.228. The van der Waals surface area contributed by atoms with Gasteiger partial charge in [-0.2, -0.15) is 17.6 Å². The van der Waals surface area contributed by atoms with E-state index in [-0.39, 0.29) is 0 Å². The van der Waals surface area contributed by atoms with Gasteiger partial charge in [-0.05, 0) is 17.8 Å². The first-order valence-electron chi connectivity index (χ1n) is 7.71. The molecule has 0 amide bonds. The molecule has 2 aromatic heterocycles. The Morgan fingerprint density at radius 3 is 2.79 bits per heavy atom. The number of terminal acetylenes is 1. The summed E-state index contributed by atoms with van der Waals surface area (Å²) in [6.45, 7) is 1.04.